The Morgan fingerprint density at radius 2 is 1.18 bits per heavy atom. The number of aliphatic imine (C=N–C) groups is 1. The van der Waals surface area contributed by atoms with Gasteiger partial charge in [-0.2, -0.15) is 10.2 Å². The van der Waals surface area contributed by atoms with Crippen LogP contribution in [0.15, 0.2) is 63.8 Å². The number of unbranched alkanes of at least 4 members (excludes halogenated alkanes) is 6. The molecular weight excluding hydrogens is 701 g/mol. The normalized spacial score (nSPS) is 12.1. The number of guanidine groups is 1. The van der Waals surface area contributed by atoms with E-state index >= 15 is 0 Å². The molecule has 0 saturated carbocycles. The third-order valence-corrected chi connectivity index (χ3v) is 8.88. The fourth-order valence-corrected chi connectivity index (χ4v) is 5.68. The summed E-state index contributed by atoms with van der Waals surface area (Å²) >= 11 is 0. The second-order valence-corrected chi connectivity index (χ2v) is 13.3. The zero-order chi connectivity index (χ0) is 40.3. The maximum atomic E-state index is 12.9. The summed E-state index contributed by atoms with van der Waals surface area (Å²) in [5, 5.41) is 20.3. The quantitative estimate of drug-likeness (QED) is 0.0261. The van der Waals surface area contributed by atoms with E-state index < -0.39 is 29.8 Å². The maximum Gasteiger partial charge on any atom is 0.251 e. The summed E-state index contributed by atoms with van der Waals surface area (Å²) in [6.45, 7) is 9.40. The highest BCUT2D eigenvalue weighted by Crippen LogP contribution is 2.22. The molecule has 12 N–H and O–H groups in total. The first kappa shape index (κ1) is 46.1. The largest absolute Gasteiger partial charge is 0.372 e. The number of anilines is 1. The Morgan fingerprint density at radius 3 is 1.75 bits per heavy atom. The Morgan fingerprint density at radius 1 is 0.673 bits per heavy atom. The van der Waals surface area contributed by atoms with Gasteiger partial charge < -0.3 is 49.1 Å². The van der Waals surface area contributed by atoms with Crippen molar-refractivity contribution in [3.8, 4) is 0 Å². The summed E-state index contributed by atoms with van der Waals surface area (Å²) in [6.07, 6.45) is 8.79. The smallest absolute Gasteiger partial charge is 0.251 e. The van der Waals surface area contributed by atoms with Crippen LogP contribution >= 0.6 is 0 Å². The van der Waals surface area contributed by atoms with Crippen molar-refractivity contribution < 1.29 is 19.2 Å². The van der Waals surface area contributed by atoms with E-state index in [-0.39, 0.29) is 18.3 Å². The van der Waals surface area contributed by atoms with Gasteiger partial charge in [0, 0.05) is 44.0 Å². The van der Waals surface area contributed by atoms with Crippen LogP contribution in [-0.4, -0.2) is 87.5 Å². The number of rotatable bonds is 29. The summed E-state index contributed by atoms with van der Waals surface area (Å²) in [5.74, 6) is -1.74. The summed E-state index contributed by atoms with van der Waals surface area (Å²) in [7, 11) is 0. The molecule has 0 spiro atoms. The van der Waals surface area contributed by atoms with Gasteiger partial charge in [-0.05, 0) is 114 Å². The first-order valence-electron chi connectivity index (χ1n) is 19.6. The number of nitrogens with one attached hydrogen (secondary N) is 4. The summed E-state index contributed by atoms with van der Waals surface area (Å²) in [4.78, 5) is 55.6. The molecule has 4 amide bonds. The maximum absolute atomic E-state index is 12.9. The lowest BCUT2D eigenvalue weighted by Gasteiger charge is -2.20. The summed E-state index contributed by atoms with van der Waals surface area (Å²) in [5.41, 5.74) is 24.6. The SMILES string of the molecule is CCN(CC)c1ccc(N=Nc2ccc(C(=O)N[C@@H](CC(N)=O)C(=O)NCCCCCCCCNCCCCNC(=O)[C@@H](N)CCCN=C(N)N)cc2)cc1. The highest BCUT2D eigenvalue weighted by atomic mass is 16.2. The minimum Gasteiger partial charge on any atom is -0.372 e. The van der Waals surface area contributed by atoms with E-state index in [4.69, 9.17) is 22.9 Å². The molecule has 0 radical (unpaired) electrons. The van der Waals surface area contributed by atoms with Crippen molar-refractivity contribution >= 4 is 46.7 Å². The van der Waals surface area contributed by atoms with Crippen molar-refractivity contribution in [2.75, 3.05) is 50.7 Å². The summed E-state index contributed by atoms with van der Waals surface area (Å²) < 4.78 is 0. The Labute approximate surface area is 326 Å². The molecular formula is C39H64N12O4. The number of hydrogen-bond acceptors (Lipinski definition) is 10. The third kappa shape index (κ3) is 20.2. The third-order valence-electron chi connectivity index (χ3n) is 8.88. The average Bonchev–Trinajstić information content (AvgIpc) is 3.17. The lowest BCUT2D eigenvalue weighted by molar-refractivity contribution is -0.126. The van der Waals surface area contributed by atoms with Gasteiger partial charge in [0.25, 0.3) is 5.91 Å². The second kappa shape index (κ2) is 27.5. The van der Waals surface area contributed by atoms with Gasteiger partial charge in [-0.3, -0.25) is 24.2 Å². The molecule has 304 valence electrons. The van der Waals surface area contributed by atoms with Gasteiger partial charge in [-0.1, -0.05) is 25.7 Å². The molecule has 0 unspecified atom stereocenters. The van der Waals surface area contributed by atoms with Gasteiger partial charge in [-0.25, -0.2) is 0 Å². The van der Waals surface area contributed by atoms with Crippen LogP contribution < -0.4 is 49.1 Å². The number of carbonyl (C=O) groups excluding carboxylic acids is 4. The number of hydrogen-bond donors (Lipinski definition) is 8. The predicted octanol–water partition coefficient (Wildman–Crippen LogP) is 3.25. The van der Waals surface area contributed by atoms with E-state index in [1.54, 1.807) is 24.3 Å². The van der Waals surface area contributed by atoms with E-state index in [1.807, 2.05) is 24.3 Å². The molecule has 2 atom stereocenters. The monoisotopic (exact) mass is 765 g/mol. The van der Waals surface area contributed by atoms with Gasteiger partial charge in [-0.15, -0.1) is 0 Å². The molecule has 2 aromatic rings. The van der Waals surface area contributed by atoms with Crippen molar-refractivity contribution in [2.45, 2.75) is 96.6 Å². The fraction of sp³-hybridized carbons (Fsp3) is 0.564. The number of nitrogens with two attached hydrogens (primary N) is 4. The lowest BCUT2D eigenvalue weighted by Crippen LogP contribution is -2.48. The molecule has 0 heterocycles. The number of benzene rings is 2. The van der Waals surface area contributed by atoms with Crippen LogP contribution in [0.3, 0.4) is 0 Å². The molecule has 0 aliphatic carbocycles. The highest BCUT2D eigenvalue weighted by Gasteiger charge is 2.23. The second-order valence-electron chi connectivity index (χ2n) is 13.3. The van der Waals surface area contributed by atoms with Gasteiger partial charge >= 0.3 is 0 Å². The minimum atomic E-state index is -1.08. The van der Waals surface area contributed by atoms with E-state index in [9.17, 15) is 19.2 Å². The van der Waals surface area contributed by atoms with Gasteiger partial charge in [0.1, 0.15) is 6.04 Å². The fourth-order valence-electron chi connectivity index (χ4n) is 5.68. The number of azo groups is 1. The van der Waals surface area contributed by atoms with Crippen LogP contribution in [-0.2, 0) is 14.4 Å². The van der Waals surface area contributed by atoms with Crippen molar-refractivity contribution in [1.82, 2.24) is 21.3 Å². The lowest BCUT2D eigenvalue weighted by atomic mass is 10.1. The molecule has 0 bridgehead atoms. The van der Waals surface area contributed by atoms with Crippen molar-refractivity contribution in [3.63, 3.8) is 0 Å². The molecule has 16 nitrogen and oxygen atoms in total. The zero-order valence-corrected chi connectivity index (χ0v) is 32.7. The van der Waals surface area contributed by atoms with Crippen molar-refractivity contribution in [1.29, 1.82) is 0 Å². The van der Waals surface area contributed by atoms with E-state index in [0.717, 1.165) is 83.2 Å². The topological polar surface area (TPSA) is 261 Å². The Bertz CT molecular complexity index is 1480. The standard InChI is InChI=1S/C39H64N12O4/c1-3-51(4-2)32-21-19-31(20-22-32)50-49-30-17-15-29(16-18-30)36(53)48-34(28-35(41)52)38(55)46-25-10-8-6-5-7-9-23-44-24-11-12-26-45-37(54)33(40)14-13-27-47-39(42)43/h15-22,33-34,44H,3-14,23-28,40H2,1-2H3,(H2,41,52)(H,45,54)(H,46,55)(H,48,53)(H4,42,43,47)/t33-,34-/m0/s1. The van der Waals surface area contributed by atoms with Crippen LogP contribution in [0, 0.1) is 0 Å². The summed E-state index contributed by atoms with van der Waals surface area (Å²) in [6, 6.07) is 12.7. The van der Waals surface area contributed by atoms with Crippen LogP contribution in [0.4, 0.5) is 17.1 Å². The first-order chi connectivity index (χ1) is 26.5. The van der Waals surface area contributed by atoms with Crippen LogP contribution in [0.1, 0.15) is 94.8 Å². The molecule has 0 aliphatic rings. The number of carbonyl (C=O) groups is 4. The molecule has 0 saturated heterocycles. The van der Waals surface area contributed by atoms with Crippen LogP contribution in [0.25, 0.3) is 0 Å². The Hall–Kier alpha value is -5.09. The molecule has 0 fully saturated rings. The Kier molecular flexibility index (Phi) is 23.0. The molecule has 55 heavy (non-hydrogen) atoms. The van der Waals surface area contributed by atoms with Gasteiger partial charge in [0.15, 0.2) is 5.96 Å². The first-order valence-corrected chi connectivity index (χ1v) is 19.6. The number of nitrogens with zero attached hydrogens (tertiary/aromatic N) is 4. The van der Waals surface area contributed by atoms with Crippen molar-refractivity contribution in [2.24, 2.45) is 38.2 Å². The molecule has 2 rings (SSSR count). The minimum absolute atomic E-state index is 0.0383. The number of primary amides is 1. The number of amides is 4. The van der Waals surface area contributed by atoms with Crippen LogP contribution in [0.2, 0.25) is 0 Å². The molecule has 16 heteroatoms. The Balaban J connectivity index is 1.57. The molecule has 2 aromatic carbocycles. The average molecular weight is 765 g/mol. The van der Waals surface area contributed by atoms with Gasteiger partial charge in [0.2, 0.25) is 17.7 Å². The molecule has 0 aliphatic heterocycles. The predicted molar refractivity (Wildman–Crippen MR) is 219 cm³/mol. The van der Waals surface area contributed by atoms with E-state index in [2.05, 4.69) is 55.2 Å². The van der Waals surface area contributed by atoms with E-state index in [1.165, 1.54) is 0 Å². The zero-order valence-electron chi connectivity index (χ0n) is 32.7. The van der Waals surface area contributed by atoms with E-state index in [0.29, 0.717) is 49.4 Å². The van der Waals surface area contributed by atoms with Crippen molar-refractivity contribution in [3.05, 3.63) is 54.1 Å². The molecule has 0 aromatic heterocycles. The van der Waals surface area contributed by atoms with Gasteiger partial charge in [0.05, 0.1) is 23.8 Å². The van der Waals surface area contributed by atoms with Crippen LogP contribution in [0.5, 0.6) is 0 Å². The highest BCUT2D eigenvalue weighted by molar-refractivity contribution is 5.99.